The molecular weight excluding hydrogens is 206 g/mol. The Morgan fingerprint density at radius 3 is 2.53 bits per heavy atom. The molecule has 1 aliphatic heterocycles. The van der Waals surface area contributed by atoms with Crippen molar-refractivity contribution in [2.45, 2.75) is 6.29 Å². The van der Waals surface area contributed by atoms with Crippen LogP contribution in [0.5, 0.6) is 0 Å². The fourth-order valence-corrected chi connectivity index (χ4v) is 1.38. The quantitative estimate of drug-likeness (QED) is 0.706. The van der Waals surface area contributed by atoms with Gasteiger partial charge in [-0.3, -0.25) is 4.79 Å². The number of hydrogen-bond acceptors (Lipinski definition) is 3. The van der Waals surface area contributed by atoms with Gasteiger partial charge in [0, 0.05) is 5.56 Å². The van der Waals surface area contributed by atoms with Crippen LogP contribution in [0.3, 0.4) is 0 Å². The van der Waals surface area contributed by atoms with Gasteiger partial charge in [-0.1, -0.05) is 6.07 Å². The number of hydrogen-bond donors (Lipinski definition) is 0. The van der Waals surface area contributed by atoms with Crippen LogP contribution in [-0.4, -0.2) is 19.3 Å². The lowest BCUT2D eigenvalue weighted by Gasteiger charge is -2.10. The minimum Gasteiger partial charge on any atom is -0.346 e. The zero-order chi connectivity index (χ0) is 10.8. The molecule has 0 unspecified atom stereocenters. The summed E-state index contributed by atoms with van der Waals surface area (Å²) in [6.07, 6.45) is -0.756. The molecule has 0 aliphatic carbocycles. The van der Waals surface area contributed by atoms with Crippen molar-refractivity contribution in [3.05, 3.63) is 35.1 Å². The number of ether oxygens (including phenoxy) is 2. The number of carbonyl (C=O) groups is 1. The zero-order valence-electron chi connectivity index (χ0n) is 7.70. The molecule has 0 spiro atoms. The van der Waals surface area contributed by atoms with Crippen molar-refractivity contribution in [2.75, 3.05) is 13.2 Å². The lowest BCUT2D eigenvalue weighted by molar-refractivity contribution is -0.0464. The van der Waals surface area contributed by atoms with E-state index < -0.39 is 18.1 Å². The molecule has 0 saturated carbocycles. The molecule has 0 atom stereocenters. The van der Waals surface area contributed by atoms with E-state index in [0.29, 0.717) is 13.2 Å². The van der Waals surface area contributed by atoms with Crippen molar-refractivity contribution in [2.24, 2.45) is 0 Å². The maximum atomic E-state index is 13.4. The van der Waals surface area contributed by atoms with E-state index >= 15 is 0 Å². The maximum Gasteiger partial charge on any atom is 0.332 e. The van der Waals surface area contributed by atoms with E-state index in [2.05, 4.69) is 0 Å². The number of rotatable bonds is 2. The van der Waals surface area contributed by atoms with Gasteiger partial charge in [0.25, 0.3) is 0 Å². The summed E-state index contributed by atoms with van der Waals surface area (Å²) in [7, 11) is 0. The molecule has 1 saturated heterocycles. The number of benzene rings is 1. The van der Waals surface area contributed by atoms with Gasteiger partial charge < -0.3 is 9.47 Å². The van der Waals surface area contributed by atoms with Crippen molar-refractivity contribution in [1.29, 1.82) is 0 Å². The summed E-state index contributed by atoms with van der Waals surface area (Å²) in [5, 5.41) is 0. The molecule has 1 heterocycles. The first kappa shape index (κ1) is 10.2. The van der Waals surface area contributed by atoms with Crippen LogP contribution in [0, 0.1) is 5.82 Å². The molecule has 0 N–H and O–H groups in total. The summed E-state index contributed by atoms with van der Waals surface area (Å²) in [6.45, 7) is 0.793. The van der Waals surface area contributed by atoms with Crippen LogP contribution in [0.2, 0.25) is 0 Å². The van der Waals surface area contributed by atoms with Crippen molar-refractivity contribution < 1.29 is 23.0 Å². The van der Waals surface area contributed by atoms with Crippen molar-refractivity contribution in [3.8, 4) is 0 Å². The van der Waals surface area contributed by atoms with Gasteiger partial charge in [-0.25, -0.2) is 4.39 Å². The first-order valence-electron chi connectivity index (χ1n) is 4.41. The zero-order valence-corrected chi connectivity index (χ0v) is 7.70. The van der Waals surface area contributed by atoms with E-state index in [1.54, 1.807) is 0 Å². The second-order valence-electron chi connectivity index (χ2n) is 3.08. The maximum absolute atomic E-state index is 13.4. The van der Waals surface area contributed by atoms with Gasteiger partial charge in [-0.2, -0.15) is 4.39 Å². The largest absolute Gasteiger partial charge is 0.346 e. The van der Waals surface area contributed by atoms with Gasteiger partial charge in [0.15, 0.2) is 6.29 Å². The minimum atomic E-state index is -1.66. The molecule has 1 aromatic carbocycles. The Bertz CT molecular complexity index is 386. The molecule has 0 aromatic heterocycles. The van der Waals surface area contributed by atoms with E-state index in [1.165, 1.54) is 12.1 Å². The highest BCUT2D eigenvalue weighted by molar-refractivity contribution is 5.88. The van der Waals surface area contributed by atoms with E-state index in [0.717, 1.165) is 6.07 Å². The normalized spacial score (nSPS) is 16.9. The van der Waals surface area contributed by atoms with Crippen LogP contribution in [-0.2, 0) is 9.47 Å². The summed E-state index contributed by atoms with van der Waals surface area (Å²) in [5.41, 5.74) is -0.133. The Morgan fingerprint density at radius 1 is 1.33 bits per heavy atom. The minimum absolute atomic E-state index is 0.178. The van der Waals surface area contributed by atoms with Gasteiger partial charge in [0.2, 0.25) is 0 Å². The van der Waals surface area contributed by atoms with E-state index in [1.807, 2.05) is 0 Å². The summed E-state index contributed by atoms with van der Waals surface area (Å²) < 4.78 is 35.8. The predicted molar refractivity (Wildman–Crippen MR) is 46.5 cm³/mol. The molecule has 0 bridgehead atoms. The van der Waals surface area contributed by atoms with E-state index in [9.17, 15) is 13.6 Å². The van der Waals surface area contributed by atoms with Gasteiger partial charge >= 0.3 is 6.04 Å². The Kier molecular flexibility index (Phi) is 2.75. The van der Waals surface area contributed by atoms with Crippen molar-refractivity contribution >= 4 is 6.04 Å². The van der Waals surface area contributed by atoms with Gasteiger partial charge in [0.1, 0.15) is 5.82 Å². The average Bonchev–Trinajstić information content (AvgIpc) is 2.70. The van der Waals surface area contributed by atoms with E-state index in [4.69, 9.17) is 9.47 Å². The van der Waals surface area contributed by atoms with Gasteiger partial charge in [0.05, 0.1) is 18.8 Å². The fourth-order valence-electron chi connectivity index (χ4n) is 1.38. The number of carbonyl (C=O) groups excluding carboxylic acids is 1. The summed E-state index contributed by atoms with van der Waals surface area (Å²) in [4.78, 5) is 10.3. The fraction of sp³-hybridized carbons (Fsp3) is 0.300. The van der Waals surface area contributed by atoms with Crippen LogP contribution in [0.1, 0.15) is 22.2 Å². The van der Waals surface area contributed by atoms with Crippen LogP contribution in [0.25, 0.3) is 0 Å². The lowest BCUT2D eigenvalue weighted by Crippen LogP contribution is -2.03. The third kappa shape index (κ3) is 2.03. The molecule has 1 aliphatic rings. The average molecular weight is 214 g/mol. The molecule has 0 amide bonds. The first-order valence-corrected chi connectivity index (χ1v) is 4.41. The molecule has 0 radical (unpaired) electrons. The van der Waals surface area contributed by atoms with Crippen LogP contribution < -0.4 is 0 Å². The van der Waals surface area contributed by atoms with Crippen LogP contribution in [0.4, 0.5) is 8.78 Å². The summed E-state index contributed by atoms with van der Waals surface area (Å²) in [6, 6.07) is 1.67. The molecule has 3 nitrogen and oxygen atoms in total. The topological polar surface area (TPSA) is 35.5 Å². The van der Waals surface area contributed by atoms with E-state index in [-0.39, 0.29) is 11.1 Å². The summed E-state index contributed by atoms with van der Waals surface area (Å²) >= 11 is 0. The second-order valence-corrected chi connectivity index (χ2v) is 3.08. The Balaban J connectivity index is 2.29. The molecule has 1 aromatic rings. The smallest absolute Gasteiger partial charge is 0.332 e. The third-order valence-corrected chi connectivity index (χ3v) is 2.10. The predicted octanol–water partition coefficient (Wildman–Crippen LogP) is 1.98. The highest BCUT2D eigenvalue weighted by Gasteiger charge is 2.22. The third-order valence-electron chi connectivity index (χ3n) is 2.10. The standard InChI is InChI=1S/C10H8F2O3/c11-8-5-6(9(12)13)1-2-7(8)10-14-3-4-15-10/h1-2,5,10H,3-4H2. The van der Waals surface area contributed by atoms with Crippen molar-refractivity contribution in [1.82, 2.24) is 0 Å². The lowest BCUT2D eigenvalue weighted by atomic mass is 10.1. The molecular formula is C10H8F2O3. The molecule has 2 rings (SSSR count). The highest BCUT2D eigenvalue weighted by atomic mass is 19.1. The monoisotopic (exact) mass is 214 g/mol. The SMILES string of the molecule is O=C(F)c1ccc(C2OCCO2)c(F)c1. The van der Waals surface area contributed by atoms with Gasteiger partial charge in [-0.05, 0) is 12.1 Å². The Labute approximate surface area is 84.6 Å². The Hall–Kier alpha value is -1.33. The highest BCUT2D eigenvalue weighted by Crippen LogP contribution is 2.26. The first-order chi connectivity index (χ1) is 7.18. The Morgan fingerprint density at radius 2 is 2.00 bits per heavy atom. The van der Waals surface area contributed by atoms with Gasteiger partial charge in [-0.15, -0.1) is 0 Å². The molecule has 15 heavy (non-hydrogen) atoms. The van der Waals surface area contributed by atoms with Crippen LogP contribution in [0.15, 0.2) is 18.2 Å². The van der Waals surface area contributed by atoms with Crippen LogP contribution >= 0.6 is 0 Å². The number of halogens is 2. The molecule has 1 fully saturated rings. The molecule has 80 valence electrons. The summed E-state index contributed by atoms with van der Waals surface area (Å²) in [5.74, 6) is -0.703. The molecule has 5 heteroatoms. The second kappa shape index (κ2) is 4.04. The van der Waals surface area contributed by atoms with Crippen molar-refractivity contribution in [3.63, 3.8) is 0 Å².